The molecule has 1 amide bonds. The molecule has 110 valence electrons. The lowest BCUT2D eigenvalue weighted by Gasteiger charge is -2.28. The van der Waals surface area contributed by atoms with Crippen LogP contribution in [0.1, 0.15) is 47.7 Å². The van der Waals surface area contributed by atoms with Gasteiger partial charge in [0, 0.05) is 17.2 Å². The van der Waals surface area contributed by atoms with Crippen LogP contribution in [0.3, 0.4) is 0 Å². The minimum absolute atomic E-state index is 0.0143. The van der Waals surface area contributed by atoms with Crippen LogP contribution in [0, 0.1) is 0 Å². The molecule has 0 saturated carbocycles. The van der Waals surface area contributed by atoms with Gasteiger partial charge in [0.1, 0.15) is 0 Å². The average molecular weight is 311 g/mol. The van der Waals surface area contributed by atoms with Crippen LogP contribution in [0.2, 0.25) is 0 Å². The number of unbranched alkanes of at least 4 members (excludes halogenated alkanes) is 1. The molecule has 1 aromatic heterocycles. The Hall–Kier alpha value is -1.01. The molecule has 0 saturated heterocycles. The summed E-state index contributed by atoms with van der Waals surface area (Å²) in [6, 6.07) is 3.89. The first-order chi connectivity index (χ1) is 9.55. The van der Waals surface area contributed by atoms with E-state index in [1.54, 1.807) is 11.8 Å². The van der Waals surface area contributed by atoms with E-state index in [9.17, 15) is 4.79 Å². The SMILES string of the molecule is CCCCNC(=O)c1ccc(C2(C)CCSC(N)=N2)s1. The zero-order chi connectivity index (χ0) is 14.6. The van der Waals surface area contributed by atoms with E-state index in [1.165, 1.54) is 11.3 Å². The third-order valence-corrected chi connectivity index (χ3v) is 5.50. The second kappa shape index (κ2) is 6.63. The molecule has 1 atom stereocenters. The molecule has 0 aliphatic carbocycles. The van der Waals surface area contributed by atoms with Crippen molar-refractivity contribution in [3.05, 3.63) is 21.9 Å². The molecule has 1 aliphatic heterocycles. The summed E-state index contributed by atoms with van der Waals surface area (Å²) in [4.78, 5) is 18.5. The fourth-order valence-corrected chi connectivity index (χ4v) is 4.10. The van der Waals surface area contributed by atoms with Crippen LogP contribution in [0.4, 0.5) is 0 Å². The van der Waals surface area contributed by atoms with Crippen LogP contribution in [0.15, 0.2) is 17.1 Å². The zero-order valence-corrected chi connectivity index (χ0v) is 13.6. The molecule has 0 radical (unpaired) electrons. The van der Waals surface area contributed by atoms with Gasteiger partial charge < -0.3 is 11.1 Å². The minimum Gasteiger partial charge on any atom is -0.379 e. The highest BCUT2D eigenvalue weighted by Gasteiger charge is 2.31. The van der Waals surface area contributed by atoms with Gasteiger partial charge in [-0.2, -0.15) is 0 Å². The van der Waals surface area contributed by atoms with E-state index in [0.29, 0.717) is 5.17 Å². The van der Waals surface area contributed by atoms with Gasteiger partial charge in [-0.1, -0.05) is 25.1 Å². The van der Waals surface area contributed by atoms with Crippen molar-refractivity contribution in [2.45, 2.75) is 38.6 Å². The quantitative estimate of drug-likeness (QED) is 0.822. The van der Waals surface area contributed by atoms with Crippen molar-refractivity contribution in [1.82, 2.24) is 5.32 Å². The van der Waals surface area contributed by atoms with Crippen molar-refractivity contribution >= 4 is 34.2 Å². The van der Waals surface area contributed by atoms with Gasteiger partial charge in [0.15, 0.2) is 5.17 Å². The summed E-state index contributed by atoms with van der Waals surface area (Å²) >= 11 is 3.12. The molecule has 3 N–H and O–H groups in total. The number of hydrogen-bond acceptors (Lipinski definition) is 5. The lowest BCUT2D eigenvalue weighted by Crippen LogP contribution is -2.28. The summed E-state index contributed by atoms with van der Waals surface area (Å²) in [5.41, 5.74) is 5.56. The monoisotopic (exact) mass is 311 g/mol. The van der Waals surface area contributed by atoms with Crippen LogP contribution in [0.5, 0.6) is 0 Å². The van der Waals surface area contributed by atoms with Gasteiger partial charge in [-0.05, 0) is 31.9 Å². The Morgan fingerprint density at radius 2 is 2.35 bits per heavy atom. The number of nitrogens with two attached hydrogens (primary N) is 1. The van der Waals surface area contributed by atoms with E-state index in [4.69, 9.17) is 5.73 Å². The Morgan fingerprint density at radius 3 is 3.05 bits per heavy atom. The Balaban J connectivity index is 2.08. The first-order valence-corrected chi connectivity index (χ1v) is 8.72. The molecule has 0 bridgehead atoms. The van der Waals surface area contributed by atoms with E-state index >= 15 is 0 Å². The van der Waals surface area contributed by atoms with Gasteiger partial charge in [0.05, 0.1) is 10.4 Å². The Labute approximate surface area is 128 Å². The number of carbonyl (C=O) groups excluding carboxylic acids is 1. The highest BCUT2D eigenvalue weighted by Crippen LogP contribution is 2.38. The van der Waals surface area contributed by atoms with Gasteiger partial charge in [0.25, 0.3) is 5.91 Å². The largest absolute Gasteiger partial charge is 0.379 e. The van der Waals surface area contributed by atoms with Crippen molar-refractivity contribution < 1.29 is 4.79 Å². The highest BCUT2D eigenvalue weighted by atomic mass is 32.2. The van der Waals surface area contributed by atoms with Gasteiger partial charge >= 0.3 is 0 Å². The lowest BCUT2D eigenvalue weighted by molar-refractivity contribution is 0.0957. The van der Waals surface area contributed by atoms with Gasteiger partial charge in [-0.15, -0.1) is 11.3 Å². The maximum absolute atomic E-state index is 12.0. The molecule has 20 heavy (non-hydrogen) atoms. The molecule has 0 fully saturated rings. The third-order valence-electron chi connectivity index (χ3n) is 3.37. The van der Waals surface area contributed by atoms with Crippen molar-refractivity contribution in [3.8, 4) is 0 Å². The maximum Gasteiger partial charge on any atom is 0.261 e. The van der Waals surface area contributed by atoms with Crippen LogP contribution >= 0.6 is 23.1 Å². The Morgan fingerprint density at radius 1 is 1.55 bits per heavy atom. The number of nitrogens with one attached hydrogen (secondary N) is 1. The van der Waals surface area contributed by atoms with Crippen molar-refractivity contribution in [3.63, 3.8) is 0 Å². The molecule has 2 rings (SSSR count). The topological polar surface area (TPSA) is 67.5 Å². The number of aliphatic imine (C=N–C) groups is 1. The van der Waals surface area contributed by atoms with Gasteiger partial charge in [-0.25, -0.2) is 0 Å². The molecule has 0 spiro atoms. The number of thiophene rings is 1. The zero-order valence-electron chi connectivity index (χ0n) is 11.9. The second-order valence-corrected chi connectivity index (χ2v) is 7.29. The van der Waals surface area contributed by atoms with Crippen molar-refractivity contribution in [2.24, 2.45) is 10.7 Å². The summed E-state index contributed by atoms with van der Waals surface area (Å²) in [5, 5.41) is 3.58. The Bertz CT molecular complexity index is 512. The van der Waals surface area contributed by atoms with Crippen LogP contribution in [-0.2, 0) is 5.54 Å². The normalized spacial score (nSPS) is 22.4. The molecule has 0 aromatic carbocycles. The summed E-state index contributed by atoms with van der Waals surface area (Å²) in [6.07, 6.45) is 3.05. The molecule has 1 unspecified atom stereocenters. The molecule has 2 heterocycles. The standard InChI is InChI=1S/C14H21N3OS2/c1-3-4-8-16-12(18)10-5-6-11(20-10)14(2)7-9-19-13(15)17-14/h5-6H,3-4,7-9H2,1-2H3,(H2,15,17)(H,16,18). The van der Waals surface area contributed by atoms with Crippen molar-refractivity contribution in [1.29, 1.82) is 0 Å². The second-order valence-electron chi connectivity index (χ2n) is 5.10. The molecule has 1 aliphatic rings. The van der Waals surface area contributed by atoms with Crippen LogP contribution in [-0.4, -0.2) is 23.4 Å². The first-order valence-electron chi connectivity index (χ1n) is 6.92. The predicted molar refractivity (Wildman–Crippen MR) is 87.6 cm³/mol. The number of amides is 1. The summed E-state index contributed by atoms with van der Waals surface area (Å²) in [7, 11) is 0. The fourth-order valence-electron chi connectivity index (χ4n) is 2.08. The van der Waals surface area contributed by atoms with Gasteiger partial charge in [-0.3, -0.25) is 9.79 Å². The summed E-state index contributed by atoms with van der Waals surface area (Å²) in [6.45, 7) is 4.94. The number of amidine groups is 1. The number of thioether (sulfide) groups is 1. The number of hydrogen-bond donors (Lipinski definition) is 2. The third kappa shape index (κ3) is 3.55. The summed E-state index contributed by atoms with van der Waals surface area (Å²) < 4.78 is 0. The van der Waals surface area contributed by atoms with E-state index in [1.807, 2.05) is 12.1 Å². The molecule has 6 heteroatoms. The Kier molecular flexibility index (Phi) is 5.10. The molecule has 4 nitrogen and oxygen atoms in total. The number of rotatable bonds is 5. The number of nitrogens with zero attached hydrogens (tertiary/aromatic N) is 1. The average Bonchev–Trinajstić information content (AvgIpc) is 2.89. The number of carbonyl (C=O) groups is 1. The predicted octanol–water partition coefficient (Wildman–Crippen LogP) is 2.94. The van der Waals surface area contributed by atoms with Gasteiger partial charge in [0.2, 0.25) is 0 Å². The van der Waals surface area contributed by atoms with E-state index < -0.39 is 0 Å². The molecular formula is C14H21N3OS2. The minimum atomic E-state index is -0.276. The van der Waals surface area contributed by atoms with Crippen LogP contribution < -0.4 is 11.1 Å². The highest BCUT2D eigenvalue weighted by molar-refractivity contribution is 8.13. The molecule has 1 aromatic rings. The van der Waals surface area contributed by atoms with E-state index in [2.05, 4.69) is 24.2 Å². The summed E-state index contributed by atoms with van der Waals surface area (Å²) in [5.74, 6) is 0.988. The smallest absolute Gasteiger partial charge is 0.261 e. The lowest BCUT2D eigenvalue weighted by atomic mass is 9.98. The molecular weight excluding hydrogens is 290 g/mol. The van der Waals surface area contributed by atoms with E-state index in [-0.39, 0.29) is 11.4 Å². The maximum atomic E-state index is 12.0. The van der Waals surface area contributed by atoms with Crippen LogP contribution in [0.25, 0.3) is 0 Å². The fraction of sp³-hybridized carbons (Fsp3) is 0.571. The first kappa shape index (κ1) is 15.4. The van der Waals surface area contributed by atoms with Crippen molar-refractivity contribution in [2.75, 3.05) is 12.3 Å². The van der Waals surface area contributed by atoms with E-state index in [0.717, 1.165) is 41.3 Å².